The number of carbonyl (C=O) groups is 2. The number of nitrogens with zero attached hydrogens (tertiary/aromatic N) is 1. The van der Waals surface area contributed by atoms with Crippen molar-refractivity contribution in [1.29, 1.82) is 0 Å². The molecule has 0 spiro atoms. The minimum Gasteiger partial charge on any atom is -0.460 e. The molecule has 0 radical (unpaired) electrons. The van der Waals surface area contributed by atoms with Gasteiger partial charge in [-0.25, -0.2) is 4.79 Å². The fraction of sp³-hybridized carbons (Fsp3) is 0.333. The summed E-state index contributed by atoms with van der Waals surface area (Å²) in [5.74, 6) is -2.17. The molecule has 1 unspecified atom stereocenters. The Bertz CT molecular complexity index is 839. The first kappa shape index (κ1) is 19.2. The maximum absolute atomic E-state index is 12.7. The van der Waals surface area contributed by atoms with Gasteiger partial charge in [0.05, 0.1) is 22.5 Å². The maximum Gasteiger partial charge on any atom is 0.337 e. The van der Waals surface area contributed by atoms with Crippen LogP contribution in [-0.2, 0) is 14.3 Å². The van der Waals surface area contributed by atoms with Gasteiger partial charge in [0.25, 0.3) is 5.69 Å². The fourth-order valence-electron chi connectivity index (χ4n) is 3.02. The predicted molar refractivity (Wildman–Crippen MR) is 94.8 cm³/mol. The van der Waals surface area contributed by atoms with Crippen LogP contribution in [0.3, 0.4) is 0 Å². The number of amides is 1. The molecule has 8 heteroatoms. The second-order valence-electron chi connectivity index (χ2n) is 6.31. The molecule has 1 aromatic carbocycles. The molecule has 0 fully saturated rings. The van der Waals surface area contributed by atoms with E-state index in [0.717, 1.165) is 0 Å². The van der Waals surface area contributed by atoms with Crippen LogP contribution in [0.15, 0.2) is 46.8 Å². The molecular formula is C18H21N3O5. The van der Waals surface area contributed by atoms with Gasteiger partial charge in [-0.2, -0.15) is 0 Å². The molecule has 1 amide bonds. The van der Waals surface area contributed by atoms with Gasteiger partial charge in [0.1, 0.15) is 0 Å². The summed E-state index contributed by atoms with van der Waals surface area (Å²) in [4.78, 5) is 35.3. The lowest BCUT2D eigenvalue weighted by molar-refractivity contribution is -0.384. The molecule has 26 heavy (non-hydrogen) atoms. The average molecular weight is 359 g/mol. The van der Waals surface area contributed by atoms with Crippen LogP contribution >= 0.6 is 0 Å². The molecule has 0 aliphatic carbocycles. The largest absolute Gasteiger partial charge is 0.460 e. The summed E-state index contributed by atoms with van der Waals surface area (Å²) >= 11 is 0. The first-order valence-corrected chi connectivity index (χ1v) is 8.07. The summed E-state index contributed by atoms with van der Waals surface area (Å²) < 4.78 is 5.31. The van der Waals surface area contributed by atoms with E-state index in [1.54, 1.807) is 33.8 Å². The standard InChI is InChI=1S/C18H21N3O5/c1-9(2)26-18(23)15-11(4)20-10(3)14(17(19)22)16(15)12-6-5-7-13(8-12)21(24)25/h5-9,16,20H,1-4H3,(H2,19,22). The maximum atomic E-state index is 12.7. The second-order valence-corrected chi connectivity index (χ2v) is 6.31. The number of rotatable bonds is 5. The highest BCUT2D eigenvalue weighted by molar-refractivity contribution is 6.01. The lowest BCUT2D eigenvalue weighted by Crippen LogP contribution is -2.34. The summed E-state index contributed by atoms with van der Waals surface area (Å²) in [6.07, 6.45) is -0.363. The number of allylic oxidation sites excluding steroid dienone is 2. The number of nitro groups is 1. The second kappa shape index (κ2) is 7.38. The van der Waals surface area contributed by atoms with Crippen LogP contribution in [0.2, 0.25) is 0 Å². The molecule has 0 bridgehead atoms. The molecule has 0 saturated carbocycles. The fourth-order valence-corrected chi connectivity index (χ4v) is 3.02. The van der Waals surface area contributed by atoms with E-state index in [0.29, 0.717) is 17.0 Å². The number of ether oxygens (including phenoxy) is 1. The number of nitrogens with two attached hydrogens (primary N) is 1. The van der Waals surface area contributed by atoms with E-state index < -0.39 is 22.7 Å². The Balaban J connectivity index is 2.68. The van der Waals surface area contributed by atoms with Crippen LogP contribution in [0.25, 0.3) is 0 Å². The van der Waals surface area contributed by atoms with Crippen molar-refractivity contribution in [2.45, 2.75) is 39.7 Å². The van der Waals surface area contributed by atoms with E-state index in [1.807, 2.05) is 0 Å². The van der Waals surface area contributed by atoms with Gasteiger partial charge < -0.3 is 15.8 Å². The summed E-state index contributed by atoms with van der Waals surface area (Å²) in [7, 11) is 0. The highest BCUT2D eigenvalue weighted by Gasteiger charge is 2.37. The van der Waals surface area contributed by atoms with Crippen LogP contribution in [0, 0.1) is 10.1 Å². The van der Waals surface area contributed by atoms with E-state index in [9.17, 15) is 19.7 Å². The zero-order valence-electron chi connectivity index (χ0n) is 15.0. The highest BCUT2D eigenvalue weighted by Crippen LogP contribution is 2.39. The third kappa shape index (κ3) is 3.74. The van der Waals surface area contributed by atoms with Crippen LogP contribution in [0.1, 0.15) is 39.2 Å². The number of nitrogens with one attached hydrogen (secondary N) is 1. The van der Waals surface area contributed by atoms with Gasteiger partial charge in [-0.1, -0.05) is 12.1 Å². The van der Waals surface area contributed by atoms with Crippen LogP contribution in [-0.4, -0.2) is 22.9 Å². The topological polar surface area (TPSA) is 125 Å². The Morgan fingerprint density at radius 3 is 2.38 bits per heavy atom. The molecular weight excluding hydrogens is 338 g/mol. The van der Waals surface area contributed by atoms with Gasteiger partial charge in [0.15, 0.2) is 0 Å². The molecule has 1 aromatic rings. The number of non-ortho nitro benzene ring substituents is 1. The number of nitro benzene ring substituents is 1. The zero-order chi connectivity index (χ0) is 19.6. The normalized spacial score (nSPS) is 17.2. The monoisotopic (exact) mass is 359 g/mol. The number of benzene rings is 1. The molecule has 1 atom stereocenters. The first-order valence-electron chi connectivity index (χ1n) is 8.07. The number of hydrogen-bond acceptors (Lipinski definition) is 6. The molecule has 8 nitrogen and oxygen atoms in total. The zero-order valence-corrected chi connectivity index (χ0v) is 15.0. The molecule has 0 aromatic heterocycles. The van der Waals surface area contributed by atoms with Crippen molar-refractivity contribution in [1.82, 2.24) is 5.32 Å². The van der Waals surface area contributed by atoms with Crippen LogP contribution in [0.5, 0.6) is 0 Å². The van der Waals surface area contributed by atoms with E-state index in [2.05, 4.69) is 5.32 Å². The van der Waals surface area contributed by atoms with Gasteiger partial charge in [-0.05, 0) is 33.3 Å². The summed E-state index contributed by atoms with van der Waals surface area (Å²) in [6.45, 7) is 6.77. The van der Waals surface area contributed by atoms with E-state index >= 15 is 0 Å². The molecule has 0 saturated heterocycles. The van der Waals surface area contributed by atoms with Gasteiger partial charge in [-0.15, -0.1) is 0 Å². The van der Waals surface area contributed by atoms with Crippen molar-refractivity contribution >= 4 is 17.6 Å². The first-order chi connectivity index (χ1) is 12.1. The minimum atomic E-state index is -0.847. The van der Waals surface area contributed by atoms with Crippen molar-refractivity contribution in [3.63, 3.8) is 0 Å². The van der Waals surface area contributed by atoms with Gasteiger partial charge in [-0.3, -0.25) is 14.9 Å². The number of esters is 1. The number of dihydropyridines is 1. The third-order valence-electron chi connectivity index (χ3n) is 4.00. The van der Waals surface area contributed by atoms with Crippen molar-refractivity contribution < 1.29 is 19.2 Å². The van der Waals surface area contributed by atoms with Crippen molar-refractivity contribution in [3.05, 3.63) is 62.5 Å². The van der Waals surface area contributed by atoms with Gasteiger partial charge >= 0.3 is 5.97 Å². The molecule has 2 rings (SSSR count). The summed E-state index contributed by atoms with van der Waals surface area (Å²) in [5.41, 5.74) is 7.21. The Morgan fingerprint density at radius 2 is 1.85 bits per heavy atom. The van der Waals surface area contributed by atoms with E-state index in [4.69, 9.17) is 10.5 Å². The van der Waals surface area contributed by atoms with Crippen molar-refractivity contribution in [3.8, 4) is 0 Å². The number of hydrogen-bond donors (Lipinski definition) is 2. The smallest absolute Gasteiger partial charge is 0.337 e. The SMILES string of the molecule is CC1=C(C(N)=O)C(c2cccc([N+](=O)[O-])c2)C(C(=O)OC(C)C)=C(C)N1. The van der Waals surface area contributed by atoms with E-state index in [-0.39, 0.29) is 22.9 Å². The number of primary amides is 1. The predicted octanol–water partition coefficient (Wildman–Crippen LogP) is 2.27. The molecule has 138 valence electrons. The number of carbonyl (C=O) groups excluding carboxylic acids is 2. The van der Waals surface area contributed by atoms with E-state index in [1.165, 1.54) is 18.2 Å². The lowest BCUT2D eigenvalue weighted by atomic mass is 9.80. The Labute approximate surface area is 150 Å². The Hall–Kier alpha value is -3.16. The van der Waals surface area contributed by atoms with Crippen LogP contribution in [0.4, 0.5) is 5.69 Å². The van der Waals surface area contributed by atoms with Crippen LogP contribution < -0.4 is 11.1 Å². The highest BCUT2D eigenvalue weighted by atomic mass is 16.6. The summed E-state index contributed by atoms with van der Waals surface area (Å²) in [6, 6.07) is 5.80. The van der Waals surface area contributed by atoms with Gasteiger partial charge in [0.2, 0.25) is 5.91 Å². The molecule has 1 aliphatic heterocycles. The molecule has 1 heterocycles. The minimum absolute atomic E-state index is 0.142. The average Bonchev–Trinajstić information content (AvgIpc) is 2.52. The van der Waals surface area contributed by atoms with Crippen molar-refractivity contribution in [2.24, 2.45) is 5.73 Å². The lowest BCUT2D eigenvalue weighted by Gasteiger charge is -2.30. The quantitative estimate of drug-likeness (QED) is 0.472. The third-order valence-corrected chi connectivity index (χ3v) is 4.00. The molecule has 1 aliphatic rings. The van der Waals surface area contributed by atoms with Crippen molar-refractivity contribution in [2.75, 3.05) is 0 Å². The Morgan fingerprint density at radius 1 is 1.23 bits per heavy atom. The Kier molecular flexibility index (Phi) is 5.44. The van der Waals surface area contributed by atoms with Gasteiger partial charge in [0, 0.05) is 29.1 Å². The molecule has 3 N–H and O–H groups in total. The summed E-state index contributed by atoms with van der Waals surface area (Å²) in [5, 5.41) is 14.1.